The Hall–Kier alpha value is -0.870. The highest BCUT2D eigenvalue weighted by Gasteiger charge is 2.49. The van der Waals surface area contributed by atoms with Crippen LogP contribution < -0.4 is 5.32 Å². The first-order valence-corrected chi connectivity index (χ1v) is 6.81. The van der Waals surface area contributed by atoms with Gasteiger partial charge in [0.1, 0.15) is 0 Å². The smallest absolute Gasteiger partial charge is 0.0655 e. The molecule has 1 aliphatic rings. The van der Waals surface area contributed by atoms with Crippen molar-refractivity contribution < 1.29 is 4.74 Å². The Morgan fingerprint density at radius 3 is 2.83 bits per heavy atom. The first kappa shape index (κ1) is 13.6. The Bertz CT molecular complexity index is 399. The predicted octanol–water partition coefficient (Wildman–Crippen LogP) is 2.27. The van der Waals surface area contributed by atoms with E-state index >= 15 is 0 Å². The Balaban J connectivity index is 1.91. The summed E-state index contributed by atoms with van der Waals surface area (Å²) in [5.41, 5.74) is 1.46. The summed E-state index contributed by atoms with van der Waals surface area (Å²) in [6, 6.07) is 0.856. The first-order valence-electron chi connectivity index (χ1n) is 6.81. The molecule has 1 fully saturated rings. The molecule has 0 spiro atoms. The molecule has 2 rings (SSSR count). The lowest BCUT2D eigenvalue weighted by molar-refractivity contribution is -0.116. The Labute approximate surface area is 110 Å². The lowest BCUT2D eigenvalue weighted by Crippen LogP contribution is -2.61. The van der Waals surface area contributed by atoms with E-state index in [9.17, 15) is 0 Å². The molecule has 1 aliphatic carbocycles. The summed E-state index contributed by atoms with van der Waals surface area (Å²) in [4.78, 5) is 0. The summed E-state index contributed by atoms with van der Waals surface area (Å²) in [6.45, 7) is 9.63. The molecule has 4 heteroatoms. The SMILES string of the molecule is CCOC1CC(NC(C)c2cnn(C)c2)C1(C)C. The minimum absolute atomic E-state index is 0.215. The van der Waals surface area contributed by atoms with Gasteiger partial charge < -0.3 is 10.1 Å². The largest absolute Gasteiger partial charge is 0.378 e. The molecular weight excluding hydrogens is 226 g/mol. The molecule has 1 heterocycles. The maximum atomic E-state index is 5.76. The number of nitrogens with zero attached hydrogens (tertiary/aromatic N) is 2. The van der Waals surface area contributed by atoms with E-state index in [4.69, 9.17) is 4.74 Å². The summed E-state index contributed by atoms with van der Waals surface area (Å²) in [6.07, 6.45) is 5.50. The van der Waals surface area contributed by atoms with Crippen molar-refractivity contribution in [1.29, 1.82) is 0 Å². The van der Waals surface area contributed by atoms with Gasteiger partial charge in [0.05, 0.1) is 12.3 Å². The zero-order valence-electron chi connectivity index (χ0n) is 12.1. The van der Waals surface area contributed by atoms with Gasteiger partial charge >= 0.3 is 0 Å². The first-order chi connectivity index (χ1) is 8.45. The molecule has 1 saturated carbocycles. The third-order valence-corrected chi connectivity index (χ3v) is 4.22. The zero-order chi connectivity index (χ0) is 13.3. The van der Waals surface area contributed by atoms with Crippen LogP contribution in [-0.2, 0) is 11.8 Å². The fraction of sp³-hybridized carbons (Fsp3) is 0.786. The highest BCUT2D eigenvalue weighted by molar-refractivity contribution is 5.12. The van der Waals surface area contributed by atoms with E-state index in [1.54, 1.807) is 0 Å². The number of aryl methyl sites for hydroxylation is 1. The number of nitrogens with one attached hydrogen (secondary N) is 1. The Morgan fingerprint density at radius 1 is 1.61 bits per heavy atom. The van der Waals surface area contributed by atoms with Crippen LogP contribution in [0.25, 0.3) is 0 Å². The standard InChI is InChI=1S/C14H25N3O/c1-6-18-13-7-12(14(13,3)4)16-10(2)11-8-15-17(5)9-11/h8-10,12-13,16H,6-7H2,1-5H3. The lowest BCUT2D eigenvalue weighted by Gasteiger charge is -2.52. The highest BCUT2D eigenvalue weighted by Crippen LogP contribution is 2.43. The number of ether oxygens (including phenoxy) is 1. The van der Waals surface area contributed by atoms with E-state index < -0.39 is 0 Å². The van der Waals surface area contributed by atoms with Crippen molar-refractivity contribution in [3.8, 4) is 0 Å². The van der Waals surface area contributed by atoms with Gasteiger partial charge in [-0.2, -0.15) is 5.10 Å². The maximum absolute atomic E-state index is 5.76. The van der Waals surface area contributed by atoms with Crippen LogP contribution in [0.5, 0.6) is 0 Å². The molecule has 0 bridgehead atoms. The number of aromatic nitrogens is 2. The molecule has 3 atom stereocenters. The average Bonchev–Trinajstić information content (AvgIpc) is 2.74. The van der Waals surface area contributed by atoms with Crippen molar-refractivity contribution in [2.24, 2.45) is 12.5 Å². The number of rotatable bonds is 5. The topological polar surface area (TPSA) is 39.1 Å². The molecule has 102 valence electrons. The van der Waals surface area contributed by atoms with Gasteiger partial charge in [-0.15, -0.1) is 0 Å². The predicted molar refractivity (Wildman–Crippen MR) is 72.4 cm³/mol. The highest BCUT2D eigenvalue weighted by atomic mass is 16.5. The molecule has 3 unspecified atom stereocenters. The van der Waals surface area contributed by atoms with Crippen LogP contribution in [0, 0.1) is 5.41 Å². The summed E-state index contributed by atoms with van der Waals surface area (Å²) in [5.74, 6) is 0. The number of hydrogen-bond donors (Lipinski definition) is 1. The van der Waals surface area contributed by atoms with Crippen molar-refractivity contribution in [3.63, 3.8) is 0 Å². The molecule has 0 radical (unpaired) electrons. The fourth-order valence-corrected chi connectivity index (χ4v) is 2.71. The summed E-state index contributed by atoms with van der Waals surface area (Å²) >= 11 is 0. The van der Waals surface area contributed by atoms with E-state index in [0.717, 1.165) is 13.0 Å². The summed E-state index contributed by atoms with van der Waals surface area (Å²) < 4.78 is 7.61. The van der Waals surface area contributed by atoms with Crippen molar-refractivity contribution in [2.45, 2.75) is 52.3 Å². The quantitative estimate of drug-likeness (QED) is 0.872. The Kier molecular flexibility index (Phi) is 3.78. The number of hydrogen-bond acceptors (Lipinski definition) is 3. The second kappa shape index (κ2) is 5.02. The van der Waals surface area contributed by atoms with Crippen molar-refractivity contribution in [2.75, 3.05) is 6.61 Å². The van der Waals surface area contributed by atoms with Crippen LogP contribution in [0.1, 0.15) is 45.7 Å². The van der Waals surface area contributed by atoms with Gasteiger partial charge in [0.2, 0.25) is 0 Å². The molecule has 0 saturated heterocycles. The van der Waals surface area contributed by atoms with Crippen molar-refractivity contribution >= 4 is 0 Å². The minimum Gasteiger partial charge on any atom is -0.378 e. The molecule has 1 aromatic rings. The molecule has 1 N–H and O–H groups in total. The van der Waals surface area contributed by atoms with Crippen LogP contribution in [0.15, 0.2) is 12.4 Å². The van der Waals surface area contributed by atoms with E-state index in [1.807, 2.05) is 17.9 Å². The van der Waals surface area contributed by atoms with E-state index in [2.05, 4.69) is 44.3 Å². The van der Waals surface area contributed by atoms with Crippen LogP contribution >= 0.6 is 0 Å². The van der Waals surface area contributed by atoms with Gasteiger partial charge in [-0.3, -0.25) is 4.68 Å². The van der Waals surface area contributed by atoms with Gasteiger partial charge in [0, 0.05) is 42.9 Å². The fourth-order valence-electron chi connectivity index (χ4n) is 2.71. The molecule has 18 heavy (non-hydrogen) atoms. The van der Waals surface area contributed by atoms with E-state index in [1.165, 1.54) is 5.56 Å². The van der Waals surface area contributed by atoms with Crippen molar-refractivity contribution in [1.82, 2.24) is 15.1 Å². The maximum Gasteiger partial charge on any atom is 0.0655 e. The normalized spacial score (nSPS) is 27.8. The second-order valence-corrected chi connectivity index (χ2v) is 5.89. The average molecular weight is 251 g/mol. The third kappa shape index (κ3) is 2.45. The van der Waals surface area contributed by atoms with Crippen LogP contribution in [0.4, 0.5) is 0 Å². The molecule has 4 nitrogen and oxygen atoms in total. The van der Waals surface area contributed by atoms with Crippen LogP contribution in [-0.4, -0.2) is 28.5 Å². The molecule has 0 aromatic carbocycles. The lowest BCUT2D eigenvalue weighted by atomic mass is 9.64. The monoisotopic (exact) mass is 251 g/mol. The van der Waals surface area contributed by atoms with Gasteiger partial charge in [-0.1, -0.05) is 13.8 Å². The molecule has 1 aromatic heterocycles. The van der Waals surface area contributed by atoms with E-state index in [0.29, 0.717) is 18.2 Å². The van der Waals surface area contributed by atoms with Gasteiger partial charge in [-0.05, 0) is 20.3 Å². The third-order valence-electron chi connectivity index (χ3n) is 4.22. The zero-order valence-corrected chi connectivity index (χ0v) is 12.1. The van der Waals surface area contributed by atoms with Crippen LogP contribution in [0.3, 0.4) is 0 Å². The molecule has 0 aliphatic heterocycles. The van der Waals surface area contributed by atoms with Gasteiger partial charge in [0.15, 0.2) is 0 Å². The summed E-state index contributed by atoms with van der Waals surface area (Å²) in [7, 11) is 1.95. The summed E-state index contributed by atoms with van der Waals surface area (Å²) in [5, 5.41) is 7.91. The van der Waals surface area contributed by atoms with E-state index in [-0.39, 0.29) is 5.41 Å². The Morgan fingerprint density at radius 2 is 2.33 bits per heavy atom. The van der Waals surface area contributed by atoms with Gasteiger partial charge in [-0.25, -0.2) is 0 Å². The molecule has 0 amide bonds. The minimum atomic E-state index is 0.215. The molecular formula is C14H25N3O. The van der Waals surface area contributed by atoms with Crippen LogP contribution in [0.2, 0.25) is 0 Å². The van der Waals surface area contributed by atoms with Crippen molar-refractivity contribution in [3.05, 3.63) is 18.0 Å². The second-order valence-electron chi connectivity index (χ2n) is 5.89. The van der Waals surface area contributed by atoms with Gasteiger partial charge in [0.25, 0.3) is 0 Å².